The van der Waals surface area contributed by atoms with Gasteiger partial charge in [0.05, 0.1) is 24.2 Å². The van der Waals surface area contributed by atoms with Crippen molar-refractivity contribution >= 4 is 17.2 Å². The number of hydrogen-bond acceptors (Lipinski definition) is 7. The molecule has 9 nitrogen and oxygen atoms in total. The number of phenolic OH excluding ortho intramolecular Hbond substituents is 1. The maximum absolute atomic E-state index is 13.8. The minimum Gasteiger partial charge on any atom is -0.505 e. The van der Waals surface area contributed by atoms with Crippen LogP contribution in [0, 0.1) is 12.7 Å². The minimum atomic E-state index is -0.816. The third-order valence-electron chi connectivity index (χ3n) is 5.12. The van der Waals surface area contributed by atoms with Crippen molar-refractivity contribution in [1.29, 1.82) is 0 Å². The number of benzene rings is 2. The number of amides is 1. The van der Waals surface area contributed by atoms with E-state index in [-0.39, 0.29) is 30.7 Å². The van der Waals surface area contributed by atoms with Gasteiger partial charge < -0.3 is 25.6 Å². The molecule has 1 amide bonds. The van der Waals surface area contributed by atoms with Crippen molar-refractivity contribution in [2.45, 2.75) is 13.8 Å². The zero-order valence-electron chi connectivity index (χ0n) is 18.7. The van der Waals surface area contributed by atoms with Crippen molar-refractivity contribution in [2.75, 3.05) is 25.0 Å². The number of carbonyl (C=O) groups is 1. The van der Waals surface area contributed by atoms with Gasteiger partial charge in [0, 0.05) is 36.3 Å². The first-order valence-electron chi connectivity index (χ1n) is 10.7. The molecular weight excluding hydrogens is 441 g/mol. The van der Waals surface area contributed by atoms with E-state index in [0.717, 1.165) is 17.2 Å². The maximum Gasteiger partial charge on any atom is 0.251 e. The number of aryl methyl sites for hydroxylation is 1. The molecule has 0 bridgehead atoms. The molecule has 0 unspecified atom stereocenters. The Morgan fingerprint density at radius 2 is 2.03 bits per heavy atom. The van der Waals surface area contributed by atoms with Crippen LogP contribution in [0.4, 0.5) is 10.1 Å². The summed E-state index contributed by atoms with van der Waals surface area (Å²) in [6.07, 6.45) is 1.65. The van der Waals surface area contributed by atoms with E-state index in [4.69, 9.17) is 4.74 Å². The highest BCUT2D eigenvalue weighted by Gasteiger charge is 2.16. The Balaban J connectivity index is 1.77. The van der Waals surface area contributed by atoms with Crippen LogP contribution in [0.1, 0.15) is 22.8 Å². The molecule has 0 spiro atoms. The van der Waals surface area contributed by atoms with E-state index in [9.17, 15) is 19.4 Å². The molecule has 10 heteroatoms. The molecular formula is C24H24FN5O4. The molecule has 0 radical (unpaired) electrons. The van der Waals surface area contributed by atoms with Crippen molar-refractivity contribution < 1.29 is 24.1 Å². The quantitative estimate of drug-likeness (QED) is 0.314. The monoisotopic (exact) mass is 465 g/mol. The standard InChI is InChI=1S/C24H24FN5O4/c1-3-26-24(33)17-6-4-15(10-14(17)2)20-13-28-23-19(27-8-9-31)12-22(29-30(20)23)34-16-5-7-21(32)18(25)11-16/h4-7,10-13,27,31-32H,3,8-9H2,1-2H3,(H,26,33). The lowest BCUT2D eigenvalue weighted by Gasteiger charge is -2.12. The molecule has 34 heavy (non-hydrogen) atoms. The Morgan fingerprint density at radius 1 is 1.21 bits per heavy atom. The van der Waals surface area contributed by atoms with Crippen LogP contribution in [0.3, 0.4) is 0 Å². The number of phenols is 1. The van der Waals surface area contributed by atoms with E-state index in [1.165, 1.54) is 12.1 Å². The molecule has 0 atom stereocenters. The zero-order chi connectivity index (χ0) is 24.2. The van der Waals surface area contributed by atoms with Gasteiger partial charge in [0.15, 0.2) is 17.2 Å². The predicted octanol–water partition coefficient (Wildman–Crippen LogP) is 3.50. The van der Waals surface area contributed by atoms with E-state index in [1.807, 2.05) is 26.0 Å². The number of carbonyl (C=O) groups excluding carboxylic acids is 1. The number of aromatic hydroxyl groups is 1. The van der Waals surface area contributed by atoms with Crippen LogP contribution in [0.25, 0.3) is 16.9 Å². The van der Waals surface area contributed by atoms with Crippen molar-refractivity contribution in [3.63, 3.8) is 0 Å². The molecule has 176 valence electrons. The first kappa shape index (κ1) is 23.0. The van der Waals surface area contributed by atoms with Gasteiger partial charge in [-0.2, -0.15) is 0 Å². The average Bonchev–Trinajstić information content (AvgIpc) is 3.24. The second-order valence-corrected chi connectivity index (χ2v) is 7.53. The van der Waals surface area contributed by atoms with Crippen molar-refractivity contribution in [3.8, 4) is 28.6 Å². The lowest BCUT2D eigenvalue weighted by molar-refractivity contribution is 0.0955. The molecule has 4 aromatic rings. The highest BCUT2D eigenvalue weighted by molar-refractivity contribution is 5.96. The molecule has 0 aliphatic rings. The van der Waals surface area contributed by atoms with E-state index >= 15 is 0 Å². The number of fused-ring (bicyclic) bond motifs is 1. The van der Waals surface area contributed by atoms with E-state index < -0.39 is 11.6 Å². The summed E-state index contributed by atoms with van der Waals surface area (Å²) in [7, 11) is 0. The first-order chi connectivity index (χ1) is 16.4. The van der Waals surface area contributed by atoms with Crippen molar-refractivity contribution in [3.05, 3.63) is 65.6 Å². The molecule has 0 saturated heterocycles. The molecule has 0 saturated carbocycles. The second-order valence-electron chi connectivity index (χ2n) is 7.53. The molecule has 2 aromatic carbocycles. The Hall–Kier alpha value is -4.18. The van der Waals surface area contributed by atoms with Crippen LogP contribution in [0.15, 0.2) is 48.7 Å². The van der Waals surface area contributed by atoms with Crippen molar-refractivity contribution in [1.82, 2.24) is 19.9 Å². The molecule has 2 heterocycles. The summed E-state index contributed by atoms with van der Waals surface area (Å²) in [4.78, 5) is 16.7. The highest BCUT2D eigenvalue weighted by Crippen LogP contribution is 2.30. The van der Waals surface area contributed by atoms with Gasteiger partial charge in [0.1, 0.15) is 5.75 Å². The third-order valence-corrected chi connectivity index (χ3v) is 5.12. The second kappa shape index (κ2) is 9.75. The van der Waals surface area contributed by atoms with Crippen molar-refractivity contribution in [2.24, 2.45) is 0 Å². The number of ether oxygens (including phenoxy) is 1. The van der Waals surface area contributed by atoms with Gasteiger partial charge in [-0.1, -0.05) is 6.07 Å². The summed E-state index contributed by atoms with van der Waals surface area (Å²) >= 11 is 0. The Bertz CT molecular complexity index is 1350. The summed E-state index contributed by atoms with van der Waals surface area (Å²) in [5, 5.41) is 29.0. The highest BCUT2D eigenvalue weighted by atomic mass is 19.1. The fraction of sp³-hybridized carbons (Fsp3) is 0.208. The molecule has 0 aliphatic carbocycles. The first-order valence-corrected chi connectivity index (χ1v) is 10.7. The number of aliphatic hydroxyl groups is 1. The Morgan fingerprint density at radius 3 is 2.74 bits per heavy atom. The Kier molecular flexibility index (Phi) is 6.60. The number of halogens is 1. The Labute approximate surface area is 194 Å². The average molecular weight is 465 g/mol. The summed E-state index contributed by atoms with van der Waals surface area (Å²) in [6, 6.07) is 10.7. The van der Waals surface area contributed by atoms with Gasteiger partial charge in [-0.15, -0.1) is 5.10 Å². The van der Waals surface area contributed by atoms with Crippen LogP contribution >= 0.6 is 0 Å². The summed E-state index contributed by atoms with van der Waals surface area (Å²) in [5.41, 5.74) is 3.86. The minimum absolute atomic E-state index is 0.0953. The zero-order valence-corrected chi connectivity index (χ0v) is 18.7. The third kappa shape index (κ3) is 4.62. The number of anilines is 1. The van der Waals surface area contributed by atoms with Crippen LogP contribution in [0.5, 0.6) is 17.4 Å². The van der Waals surface area contributed by atoms with Gasteiger partial charge in [0.2, 0.25) is 5.88 Å². The number of rotatable bonds is 8. The van der Waals surface area contributed by atoms with Gasteiger partial charge >= 0.3 is 0 Å². The van der Waals surface area contributed by atoms with E-state index in [1.54, 1.807) is 22.8 Å². The lowest BCUT2D eigenvalue weighted by atomic mass is 10.0. The maximum atomic E-state index is 13.8. The number of hydrogen-bond donors (Lipinski definition) is 4. The number of nitrogens with zero attached hydrogens (tertiary/aromatic N) is 3. The van der Waals surface area contributed by atoms with E-state index in [2.05, 4.69) is 20.7 Å². The SMILES string of the molecule is CCNC(=O)c1ccc(-c2cnc3c(NCCO)cc(Oc4ccc(O)c(F)c4)nn23)cc1C. The van der Waals surface area contributed by atoms with Crippen LogP contribution < -0.4 is 15.4 Å². The van der Waals surface area contributed by atoms with Gasteiger partial charge in [0.25, 0.3) is 5.91 Å². The smallest absolute Gasteiger partial charge is 0.251 e. The molecule has 2 aromatic heterocycles. The summed E-state index contributed by atoms with van der Waals surface area (Å²) in [5.74, 6) is -1.14. The largest absolute Gasteiger partial charge is 0.505 e. The molecule has 0 aliphatic heterocycles. The van der Waals surface area contributed by atoms with Gasteiger partial charge in [-0.25, -0.2) is 13.9 Å². The van der Waals surface area contributed by atoms with Crippen LogP contribution in [0.2, 0.25) is 0 Å². The number of nitrogens with one attached hydrogen (secondary N) is 2. The fourth-order valence-corrected chi connectivity index (χ4v) is 3.52. The number of imidazole rings is 1. The predicted molar refractivity (Wildman–Crippen MR) is 125 cm³/mol. The van der Waals surface area contributed by atoms with Crippen LogP contribution in [-0.2, 0) is 0 Å². The van der Waals surface area contributed by atoms with Gasteiger partial charge in [-0.05, 0) is 43.7 Å². The van der Waals surface area contributed by atoms with E-state index in [0.29, 0.717) is 29.1 Å². The molecule has 0 fully saturated rings. The lowest BCUT2D eigenvalue weighted by Crippen LogP contribution is -2.23. The summed E-state index contributed by atoms with van der Waals surface area (Å²) in [6.45, 7) is 4.43. The van der Waals surface area contributed by atoms with Gasteiger partial charge in [-0.3, -0.25) is 4.79 Å². The van der Waals surface area contributed by atoms with Crippen LogP contribution in [-0.4, -0.2) is 50.4 Å². The fourth-order valence-electron chi connectivity index (χ4n) is 3.52. The normalized spacial score (nSPS) is 10.9. The molecule has 4 N–H and O–H groups in total. The number of aliphatic hydroxyl groups excluding tert-OH is 1. The number of aromatic nitrogens is 3. The summed E-state index contributed by atoms with van der Waals surface area (Å²) < 4.78 is 21.1. The topological polar surface area (TPSA) is 121 Å². The molecule has 4 rings (SSSR count).